The van der Waals surface area contributed by atoms with Gasteiger partial charge >= 0.3 is 0 Å². The molecule has 1 aromatic heterocycles. The number of fused-ring (bicyclic) bond motifs is 4. The largest absolute Gasteiger partial charge is 0.361 e. The Hall–Kier alpha value is -2.06. The van der Waals surface area contributed by atoms with Crippen LogP contribution in [-0.2, 0) is 18.4 Å². The van der Waals surface area contributed by atoms with E-state index >= 15 is 0 Å². The van der Waals surface area contributed by atoms with Crippen LogP contribution in [0.15, 0.2) is 48.7 Å². The van der Waals surface area contributed by atoms with Crippen molar-refractivity contribution in [1.29, 1.82) is 0 Å². The average Bonchev–Trinajstić information content (AvgIpc) is 3.16. The van der Waals surface area contributed by atoms with Crippen molar-refractivity contribution in [3.8, 4) is 0 Å². The summed E-state index contributed by atoms with van der Waals surface area (Å²) in [4.78, 5) is 3.42. The highest BCUT2D eigenvalue weighted by atomic mass is 14.9. The third-order valence-electron chi connectivity index (χ3n) is 8.69. The molecule has 1 saturated carbocycles. The van der Waals surface area contributed by atoms with Gasteiger partial charge in [0.1, 0.15) is 0 Å². The van der Waals surface area contributed by atoms with Crippen LogP contribution in [0.3, 0.4) is 0 Å². The number of para-hydroxylation sites is 1. The SMILES string of the molecule is CC(C)c1ccc2c(c1)CC[C@@H]1[C@](C)(CNCc3c[nH]c4ccccc34)CCC[C@@]21C. The zero-order chi connectivity index (χ0) is 21.6. The first-order chi connectivity index (χ1) is 14.9. The maximum absolute atomic E-state index is 3.87. The predicted octanol–water partition coefficient (Wildman–Crippen LogP) is 7.09. The van der Waals surface area contributed by atoms with Crippen LogP contribution in [0.4, 0.5) is 0 Å². The van der Waals surface area contributed by atoms with Crippen LogP contribution in [0.2, 0.25) is 0 Å². The van der Waals surface area contributed by atoms with E-state index in [0.717, 1.165) is 19.0 Å². The minimum absolute atomic E-state index is 0.318. The van der Waals surface area contributed by atoms with E-state index in [9.17, 15) is 0 Å². The number of hydrogen-bond donors (Lipinski definition) is 2. The Kier molecular flexibility index (Phi) is 5.25. The molecule has 3 atom stereocenters. The van der Waals surface area contributed by atoms with E-state index in [1.807, 2.05) is 0 Å². The van der Waals surface area contributed by atoms with Gasteiger partial charge in [-0.05, 0) is 76.7 Å². The number of nitrogens with one attached hydrogen (secondary N) is 2. The Labute approximate surface area is 187 Å². The first kappa shape index (κ1) is 20.8. The number of aromatic amines is 1. The molecule has 2 aromatic carbocycles. The molecule has 3 aromatic rings. The fraction of sp³-hybridized carbons (Fsp3) is 0.517. The Morgan fingerprint density at radius 2 is 1.94 bits per heavy atom. The van der Waals surface area contributed by atoms with Crippen molar-refractivity contribution in [2.45, 2.75) is 77.7 Å². The van der Waals surface area contributed by atoms with Crippen LogP contribution >= 0.6 is 0 Å². The molecule has 0 amide bonds. The third kappa shape index (κ3) is 3.53. The summed E-state index contributed by atoms with van der Waals surface area (Å²) in [5.74, 6) is 1.36. The van der Waals surface area contributed by atoms with Crippen molar-refractivity contribution >= 4 is 10.9 Å². The highest BCUT2D eigenvalue weighted by Gasteiger charge is 2.51. The van der Waals surface area contributed by atoms with E-state index in [0.29, 0.717) is 16.7 Å². The molecule has 0 aliphatic heterocycles. The molecule has 0 radical (unpaired) electrons. The average molecular weight is 415 g/mol. The molecule has 5 rings (SSSR count). The van der Waals surface area contributed by atoms with Gasteiger partial charge in [-0.2, -0.15) is 0 Å². The van der Waals surface area contributed by atoms with Crippen LogP contribution in [0.5, 0.6) is 0 Å². The van der Waals surface area contributed by atoms with Crippen LogP contribution < -0.4 is 5.32 Å². The molecule has 2 aliphatic rings. The number of hydrogen-bond acceptors (Lipinski definition) is 1. The molecule has 0 bridgehead atoms. The molecule has 31 heavy (non-hydrogen) atoms. The topological polar surface area (TPSA) is 27.8 Å². The van der Waals surface area contributed by atoms with Crippen LogP contribution in [0, 0.1) is 11.3 Å². The summed E-state index contributed by atoms with van der Waals surface area (Å²) >= 11 is 0. The zero-order valence-corrected chi connectivity index (χ0v) is 19.7. The molecule has 2 heteroatoms. The lowest BCUT2D eigenvalue weighted by Gasteiger charge is -2.55. The van der Waals surface area contributed by atoms with Gasteiger partial charge in [-0.1, -0.05) is 70.5 Å². The molecule has 2 nitrogen and oxygen atoms in total. The highest BCUT2D eigenvalue weighted by Crippen LogP contribution is 2.57. The van der Waals surface area contributed by atoms with Gasteiger partial charge in [0.25, 0.3) is 0 Å². The van der Waals surface area contributed by atoms with E-state index in [1.165, 1.54) is 54.1 Å². The lowest BCUT2D eigenvalue weighted by atomic mass is 9.49. The van der Waals surface area contributed by atoms with Crippen molar-refractivity contribution < 1.29 is 0 Å². The second kappa shape index (κ2) is 7.81. The van der Waals surface area contributed by atoms with Gasteiger partial charge in [0.15, 0.2) is 0 Å². The van der Waals surface area contributed by atoms with Gasteiger partial charge < -0.3 is 10.3 Å². The molecule has 2 aliphatic carbocycles. The Morgan fingerprint density at radius 1 is 1.10 bits per heavy atom. The fourth-order valence-electron chi connectivity index (χ4n) is 6.98. The number of aryl methyl sites for hydroxylation is 1. The van der Waals surface area contributed by atoms with Crippen molar-refractivity contribution in [2.75, 3.05) is 6.54 Å². The Morgan fingerprint density at radius 3 is 2.77 bits per heavy atom. The first-order valence-electron chi connectivity index (χ1n) is 12.3. The minimum atomic E-state index is 0.318. The second-order valence-corrected chi connectivity index (χ2v) is 11.1. The summed E-state index contributed by atoms with van der Waals surface area (Å²) < 4.78 is 0. The van der Waals surface area contributed by atoms with Crippen molar-refractivity contribution in [1.82, 2.24) is 10.3 Å². The molecule has 2 N–H and O–H groups in total. The molecular formula is C29H38N2. The summed E-state index contributed by atoms with van der Waals surface area (Å²) in [6.45, 7) is 11.8. The van der Waals surface area contributed by atoms with Gasteiger partial charge in [0.2, 0.25) is 0 Å². The zero-order valence-electron chi connectivity index (χ0n) is 19.7. The van der Waals surface area contributed by atoms with Crippen molar-refractivity contribution in [3.63, 3.8) is 0 Å². The molecule has 0 unspecified atom stereocenters. The van der Waals surface area contributed by atoms with Gasteiger partial charge in [-0.15, -0.1) is 0 Å². The molecule has 0 saturated heterocycles. The summed E-state index contributed by atoms with van der Waals surface area (Å²) in [6, 6.07) is 16.0. The number of aromatic nitrogens is 1. The first-order valence-corrected chi connectivity index (χ1v) is 12.3. The van der Waals surface area contributed by atoms with Crippen molar-refractivity contribution in [2.24, 2.45) is 11.3 Å². The van der Waals surface area contributed by atoms with E-state index in [-0.39, 0.29) is 0 Å². The summed E-state index contributed by atoms with van der Waals surface area (Å²) in [5, 5.41) is 5.22. The third-order valence-corrected chi connectivity index (χ3v) is 8.69. The predicted molar refractivity (Wildman–Crippen MR) is 132 cm³/mol. The molecular weight excluding hydrogens is 376 g/mol. The molecule has 164 valence electrons. The standard InChI is InChI=1S/C29H38N2/c1-20(2)21-10-12-25-22(16-21)11-13-27-28(3,14-7-15-29(25,27)4)19-30-17-23-18-31-26-9-6-5-8-24(23)26/h5-6,8-10,12,16,18,20,27,30-31H,7,11,13-15,17,19H2,1-4H3/t27-,28+,29+/m1/s1. The Balaban J connectivity index is 1.35. The second-order valence-electron chi connectivity index (χ2n) is 11.1. The molecule has 1 heterocycles. The lowest BCUT2D eigenvalue weighted by molar-refractivity contribution is 0.0257. The van der Waals surface area contributed by atoms with E-state index < -0.39 is 0 Å². The molecule has 1 fully saturated rings. The normalized spacial score (nSPS) is 28.0. The number of H-pyrrole nitrogens is 1. The van der Waals surface area contributed by atoms with E-state index in [1.54, 1.807) is 11.1 Å². The number of rotatable bonds is 5. The van der Waals surface area contributed by atoms with E-state index in [2.05, 4.69) is 86.7 Å². The minimum Gasteiger partial charge on any atom is -0.361 e. The monoisotopic (exact) mass is 414 g/mol. The number of benzene rings is 2. The fourth-order valence-corrected chi connectivity index (χ4v) is 6.98. The summed E-state index contributed by atoms with van der Waals surface area (Å²) in [5.41, 5.74) is 8.07. The van der Waals surface area contributed by atoms with Gasteiger partial charge in [0, 0.05) is 30.2 Å². The van der Waals surface area contributed by atoms with E-state index in [4.69, 9.17) is 0 Å². The van der Waals surface area contributed by atoms with Gasteiger partial charge in [-0.25, -0.2) is 0 Å². The van der Waals surface area contributed by atoms with Gasteiger partial charge in [-0.3, -0.25) is 0 Å². The van der Waals surface area contributed by atoms with Gasteiger partial charge in [0.05, 0.1) is 0 Å². The Bertz CT molecular complexity index is 1080. The maximum atomic E-state index is 3.87. The maximum Gasteiger partial charge on any atom is 0.0457 e. The molecule has 0 spiro atoms. The quantitative estimate of drug-likeness (QED) is 0.458. The highest BCUT2D eigenvalue weighted by molar-refractivity contribution is 5.82. The summed E-state index contributed by atoms with van der Waals surface area (Å²) in [6.07, 6.45) is 8.76. The van der Waals surface area contributed by atoms with Crippen LogP contribution in [0.25, 0.3) is 10.9 Å². The lowest BCUT2D eigenvalue weighted by Crippen LogP contribution is -2.52. The van der Waals surface area contributed by atoms with Crippen LogP contribution in [-0.4, -0.2) is 11.5 Å². The smallest absolute Gasteiger partial charge is 0.0457 e. The van der Waals surface area contributed by atoms with Crippen LogP contribution in [0.1, 0.15) is 81.5 Å². The summed E-state index contributed by atoms with van der Waals surface area (Å²) in [7, 11) is 0. The van der Waals surface area contributed by atoms with Crippen molar-refractivity contribution in [3.05, 3.63) is 70.9 Å².